The van der Waals surface area contributed by atoms with Gasteiger partial charge >= 0.3 is 0 Å². The third kappa shape index (κ3) is 2.08. The lowest BCUT2D eigenvalue weighted by molar-refractivity contribution is 0.537. The van der Waals surface area contributed by atoms with Crippen LogP contribution in [-0.2, 0) is 11.3 Å². The quantitative estimate of drug-likeness (QED) is 0.673. The first-order valence-corrected chi connectivity index (χ1v) is 6.39. The van der Waals surface area contributed by atoms with Gasteiger partial charge < -0.3 is 10.3 Å². The van der Waals surface area contributed by atoms with E-state index in [0.29, 0.717) is 16.4 Å². The minimum Gasteiger partial charge on any atom is -0.755 e. The Morgan fingerprint density at radius 3 is 2.56 bits per heavy atom. The van der Waals surface area contributed by atoms with Crippen molar-refractivity contribution in [3.05, 3.63) is 41.8 Å². The highest BCUT2D eigenvalue weighted by molar-refractivity contribution is 7.81. The number of thiophene rings is 1. The van der Waals surface area contributed by atoms with Crippen molar-refractivity contribution in [2.45, 2.75) is 0 Å². The van der Waals surface area contributed by atoms with E-state index in [1.54, 1.807) is 36.4 Å². The van der Waals surface area contributed by atoms with Gasteiger partial charge in [0.2, 0.25) is 0 Å². The Hall–Kier alpha value is -1.37. The van der Waals surface area contributed by atoms with Crippen molar-refractivity contribution < 1.29 is 8.76 Å². The van der Waals surface area contributed by atoms with Gasteiger partial charge in [-0.15, -0.1) is 11.3 Å². The molecule has 1 atom stereocenters. The van der Waals surface area contributed by atoms with Crippen LogP contribution in [0.3, 0.4) is 0 Å². The summed E-state index contributed by atoms with van der Waals surface area (Å²) in [6, 6.07) is 10.4. The van der Waals surface area contributed by atoms with Crippen molar-refractivity contribution in [1.82, 2.24) is 0 Å². The van der Waals surface area contributed by atoms with Crippen molar-refractivity contribution in [3.8, 4) is 0 Å². The fraction of sp³-hybridized carbons (Fsp3) is 0. The molecular formula is C10H9N2O2S2-. The molecule has 2 aromatic rings. The largest absolute Gasteiger partial charge is 0.755 e. The van der Waals surface area contributed by atoms with Gasteiger partial charge in [-0.3, -0.25) is 8.51 Å². The van der Waals surface area contributed by atoms with Gasteiger partial charge in [0.1, 0.15) is 5.00 Å². The maximum atomic E-state index is 11.2. The van der Waals surface area contributed by atoms with Gasteiger partial charge in [-0.05, 0) is 29.6 Å². The fourth-order valence-electron chi connectivity index (χ4n) is 1.33. The summed E-state index contributed by atoms with van der Waals surface area (Å²) >= 11 is -1.04. The van der Waals surface area contributed by atoms with Gasteiger partial charge in [-0.2, -0.15) is 0 Å². The van der Waals surface area contributed by atoms with E-state index in [0.717, 1.165) is 0 Å². The summed E-state index contributed by atoms with van der Waals surface area (Å²) in [7, 11) is 0. The molecule has 16 heavy (non-hydrogen) atoms. The average Bonchev–Trinajstić information content (AvgIpc) is 2.74. The standard InChI is InChI=1S/C10H10N2O2S2/c11-8-4-1-2-5-9(8)12(16(13)14)10-6-3-7-15-10/h1-7H,11H2,(H,13,14)/p-1. The van der Waals surface area contributed by atoms with Crippen LogP contribution in [0.2, 0.25) is 0 Å². The molecule has 0 fully saturated rings. The lowest BCUT2D eigenvalue weighted by Gasteiger charge is -2.25. The summed E-state index contributed by atoms with van der Waals surface area (Å²) in [6.45, 7) is 0. The van der Waals surface area contributed by atoms with Crippen LogP contribution < -0.4 is 10.0 Å². The van der Waals surface area contributed by atoms with E-state index in [9.17, 15) is 8.76 Å². The molecule has 0 saturated carbocycles. The summed E-state index contributed by atoms with van der Waals surface area (Å²) in [5.74, 6) is 0. The summed E-state index contributed by atoms with van der Waals surface area (Å²) in [6.07, 6.45) is 0. The van der Waals surface area contributed by atoms with Crippen molar-refractivity contribution in [1.29, 1.82) is 0 Å². The zero-order chi connectivity index (χ0) is 11.5. The van der Waals surface area contributed by atoms with Crippen LogP contribution in [0.15, 0.2) is 41.8 Å². The maximum Gasteiger partial charge on any atom is 0.107 e. The minimum atomic E-state index is -2.38. The Bertz CT molecular complexity index is 499. The number of benzene rings is 1. The topological polar surface area (TPSA) is 69.4 Å². The normalized spacial score (nSPS) is 12.3. The predicted molar refractivity (Wildman–Crippen MR) is 66.2 cm³/mol. The highest BCUT2D eigenvalue weighted by atomic mass is 32.2. The summed E-state index contributed by atoms with van der Waals surface area (Å²) in [5.41, 5.74) is 6.66. The molecule has 2 rings (SSSR count). The van der Waals surface area contributed by atoms with E-state index >= 15 is 0 Å². The molecule has 0 amide bonds. The van der Waals surface area contributed by atoms with Crippen LogP contribution >= 0.6 is 11.3 Å². The summed E-state index contributed by atoms with van der Waals surface area (Å²) in [4.78, 5) is 0. The van der Waals surface area contributed by atoms with Gasteiger partial charge in [-0.25, -0.2) is 0 Å². The van der Waals surface area contributed by atoms with Gasteiger partial charge in [0.25, 0.3) is 0 Å². The van der Waals surface area contributed by atoms with Crippen LogP contribution in [0.4, 0.5) is 16.4 Å². The Morgan fingerprint density at radius 2 is 2.00 bits per heavy atom. The first kappa shape index (κ1) is 11.1. The molecule has 0 bridgehead atoms. The molecule has 1 aromatic heterocycles. The first-order valence-electron chi connectivity index (χ1n) is 4.47. The van der Waals surface area contributed by atoms with E-state index < -0.39 is 11.3 Å². The van der Waals surface area contributed by atoms with Crippen LogP contribution in [0.5, 0.6) is 0 Å². The second-order valence-electron chi connectivity index (χ2n) is 3.02. The molecule has 0 radical (unpaired) electrons. The minimum absolute atomic E-state index is 0.431. The number of nitrogen functional groups attached to an aromatic ring is 1. The smallest absolute Gasteiger partial charge is 0.107 e. The SMILES string of the molecule is Nc1ccccc1N(c1cccs1)S(=O)[O-]. The molecule has 0 aliphatic rings. The molecule has 0 saturated heterocycles. The molecule has 1 unspecified atom stereocenters. The van der Waals surface area contributed by atoms with Crippen LogP contribution in [0, 0.1) is 0 Å². The highest BCUT2D eigenvalue weighted by Gasteiger charge is 2.13. The van der Waals surface area contributed by atoms with Gasteiger partial charge in [0.15, 0.2) is 0 Å². The van der Waals surface area contributed by atoms with Crippen LogP contribution in [-0.4, -0.2) is 8.76 Å². The van der Waals surface area contributed by atoms with Crippen molar-refractivity contribution in [2.24, 2.45) is 0 Å². The Labute approximate surface area is 99.7 Å². The van der Waals surface area contributed by atoms with E-state index in [1.165, 1.54) is 15.6 Å². The second kappa shape index (κ2) is 4.65. The monoisotopic (exact) mass is 253 g/mol. The summed E-state index contributed by atoms with van der Waals surface area (Å²) < 4.78 is 23.6. The number of para-hydroxylation sites is 2. The van der Waals surface area contributed by atoms with Crippen molar-refractivity contribution in [3.63, 3.8) is 0 Å². The van der Waals surface area contributed by atoms with Crippen molar-refractivity contribution >= 4 is 39.0 Å². The second-order valence-corrected chi connectivity index (χ2v) is 4.75. The first-order chi connectivity index (χ1) is 7.70. The van der Waals surface area contributed by atoms with E-state index in [4.69, 9.17) is 5.73 Å². The number of anilines is 3. The fourth-order valence-corrected chi connectivity index (χ4v) is 2.82. The Balaban J connectivity index is 2.50. The molecule has 0 aliphatic heterocycles. The molecule has 2 N–H and O–H groups in total. The molecular weight excluding hydrogens is 244 g/mol. The molecule has 4 nitrogen and oxygen atoms in total. The predicted octanol–water partition coefficient (Wildman–Crippen LogP) is 2.26. The maximum absolute atomic E-state index is 11.2. The van der Waals surface area contributed by atoms with Crippen molar-refractivity contribution in [2.75, 3.05) is 10.0 Å². The number of nitrogens with two attached hydrogens (primary N) is 1. The average molecular weight is 253 g/mol. The molecule has 0 aliphatic carbocycles. The van der Waals surface area contributed by atoms with E-state index in [2.05, 4.69) is 0 Å². The third-order valence-electron chi connectivity index (χ3n) is 2.01. The molecule has 1 aromatic carbocycles. The number of nitrogens with zero attached hydrogens (tertiary/aromatic N) is 1. The van der Waals surface area contributed by atoms with E-state index in [-0.39, 0.29) is 0 Å². The zero-order valence-electron chi connectivity index (χ0n) is 8.20. The molecule has 1 heterocycles. The highest BCUT2D eigenvalue weighted by Crippen LogP contribution is 2.33. The van der Waals surface area contributed by atoms with Crippen LogP contribution in [0.1, 0.15) is 0 Å². The Morgan fingerprint density at radius 1 is 1.25 bits per heavy atom. The lowest BCUT2D eigenvalue weighted by Crippen LogP contribution is -2.19. The van der Waals surface area contributed by atoms with Gasteiger partial charge in [0.05, 0.1) is 22.6 Å². The summed E-state index contributed by atoms with van der Waals surface area (Å²) in [5, 5.41) is 2.43. The third-order valence-corrected chi connectivity index (χ3v) is 3.67. The number of rotatable bonds is 3. The molecule has 84 valence electrons. The molecule has 0 spiro atoms. The van der Waals surface area contributed by atoms with E-state index in [1.807, 2.05) is 5.38 Å². The van der Waals surface area contributed by atoms with Crippen LogP contribution in [0.25, 0.3) is 0 Å². The number of hydrogen-bond acceptors (Lipinski definition) is 4. The zero-order valence-corrected chi connectivity index (χ0v) is 9.83. The van der Waals surface area contributed by atoms with Gasteiger partial charge in [-0.1, -0.05) is 12.1 Å². The lowest BCUT2D eigenvalue weighted by atomic mass is 10.3. The molecule has 6 heteroatoms. The Kier molecular flexibility index (Phi) is 3.23. The van der Waals surface area contributed by atoms with Gasteiger partial charge in [0, 0.05) is 0 Å². The number of hydrogen-bond donors (Lipinski definition) is 1.